The summed E-state index contributed by atoms with van der Waals surface area (Å²) in [6, 6.07) is 8.91. The number of thiazole rings is 1. The number of nitrogens with two attached hydrogens (primary N) is 2. The zero-order chi connectivity index (χ0) is 29.9. The van der Waals surface area contributed by atoms with Gasteiger partial charge in [-0.15, -0.1) is 0 Å². The van der Waals surface area contributed by atoms with Gasteiger partial charge in [0.25, 0.3) is 5.91 Å². The van der Waals surface area contributed by atoms with Crippen molar-refractivity contribution in [2.75, 3.05) is 53.8 Å². The number of halogens is 3. The van der Waals surface area contributed by atoms with Crippen LogP contribution in [0.5, 0.6) is 0 Å². The van der Waals surface area contributed by atoms with E-state index in [2.05, 4.69) is 34.4 Å². The second kappa shape index (κ2) is 12.4. The molecule has 220 valence electrons. The quantitative estimate of drug-likeness (QED) is 0.216. The predicted molar refractivity (Wildman–Crippen MR) is 160 cm³/mol. The van der Waals surface area contributed by atoms with E-state index in [4.69, 9.17) is 11.6 Å². The highest BCUT2D eigenvalue weighted by Crippen LogP contribution is 2.35. The molecule has 1 aliphatic rings. The summed E-state index contributed by atoms with van der Waals surface area (Å²) in [6.45, 7) is 8.70. The number of alkyl halides is 3. The number of carbonyl (C=O) groups excluding carboxylic acids is 1. The van der Waals surface area contributed by atoms with Crippen LogP contribution < -0.4 is 32.1 Å². The number of amides is 1. The van der Waals surface area contributed by atoms with Crippen molar-refractivity contribution in [1.29, 1.82) is 0 Å². The van der Waals surface area contributed by atoms with Gasteiger partial charge in [-0.05, 0) is 56.7 Å². The van der Waals surface area contributed by atoms with Gasteiger partial charge in [-0.25, -0.2) is 10.8 Å². The van der Waals surface area contributed by atoms with E-state index in [1.54, 1.807) is 37.5 Å². The van der Waals surface area contributed by atoms with E-state index in [9.17, 15) is 18.0 Å². The minimum atomic E-state index is -4.56. The smallest absolute Gasteiger partial charge is 0.396 e. The van der Waals surface area contributed by atoms with Crippen LogP contribution in [0.1, 0.15) is 40.2 Å². The molecule has 0 bridgehead atoms. The van der Waals surface area contributed by atoms with E-state index in [1.165, 1.54) is 22.5 Å². The number of nitrogens with one attached hydrogen (secondary N) is 2. The van der Waals surface area contributed by atoms with Gasteiger partial charge in [-0.3, -0.25) is 14.7 Å². The van der Waals surface area contributed by atoms with Crippen LogP contribution >= 0.6 is 11.3 Å². The van der Waals surface area contributed by atoms with Crippen LogP contribution in [0, 0.1) is 6.92 Å². The number of benzene rings is 2. The molecule has 6 N–H and O–H groups in total. The molecule has 0 unspecified atom stereocenters. The zero-order valence-corrected chi connectivity index (χ0v) is 24.2. The van der Waals surface area contributed by atoms with Crippen LogP contribution in [0.4, 0.5) is 35.4 Å². The highest BCUT2D eigenvalue weighted by molar-refractivity contribution is 7.16. The van der Waals surface area contributed by atoms with Gasteiger partial charge in [0.2, 0.25) is 0 Å². The topological polar surface area (TPSA) is 116 Å². The lowest BCUT2D eigenvalue weighted by Gasteiger charge is -2.38. The van der Waals surface area contributed by atoms with Gasteiger partial charge in [-0.1, -0.05) is 17.4 Å². The van der Waals surface area contributed by atoms with Gasteiger partial charge >= 0.3 is 6.18 Å². The molecule has 3 aromatic rings. The first-order valence-corrected chi connectivity index (χ1v) is 14.0. The molecule has 2 heterocycles. The highest BCUT2D eigenvalue weighted by Gasteiger charge is 2.32. The predicted octanol–water partition coefficient (Wildman–Crippen LogP) is 4.93. The minimum absolute atomic E-state index is 0.0625. The number of carbonyl (C=O) groups is 1. The summed E-state index contributed by atoms with van der Waals surface area (Å²) in [4.78, 5) is 22.3. The standard InChI is InChI=1S/C28H35F3N8OS/c1-17(2)37-7-9-38(10-8-37)22-13-20(28(29,30)31)12-21(14-22)36-26(40)19-6-5-18(3)24(11-19)39(33)16-23(32)25-15-35-27(34-4)41-25/h5-6,11-17H,7-10,32-33H2,1-4H3,(H,34,35)(H,36,40)/b23-16-. The van der Waals surface area contributed by atoms with Gasteiger partial charge in [0, 0.05) is 68.6 Å². The molecule has 0 atom stereocenters. The molecule has 1 aliphatic heterocycles. The van der Waals surface area contributed by atoms with Crippen molar-refractivity contribution in [2.45, 2.75) is 33.0 Å². The minimum Gasteiger partial charge on any atom is -0.396 e. The molecule has 1 fully saturated rings. The molecule has 41 heavy (non-hydrogen) atoms. The van der Waals surface area contributed by atoms with E-state index in [0.717, 1.165) is 30.8 Å². The number of hydrogen-bond acceptors (Lipinski definition) is 9. The Morgan fingerprint density at radius 3 is 2.46 bits per heavy atom. The first-order chi connectivity index (χ1) is 19.3. The third-order valence-electron chi connectivity index (χ3n) is 6.94. The maximum absolute atomic E-state index is 13.8. The lowest BCUT2D eigenvalue weighted by atomic mass is 10.1. The second-order valence-electron chi connectivity index (χ2n) is 10.1. The number of hydrogen-bond donors (Lipinski definition) is 4. The van der Waals surface area contributed by atoms with Crippen LogP contribution in [0.15, 0.2) is 48.8 Å². The van der Waals surface area contributed by atoms with Crippen molar-refractivity contribution < 1.29 is 18.0 Å². The number of anilines is 4. The fourth-order valence-electron chi connectivity index (χ4n) is 4.56. The van der Waals surface area contributed by atoms with Gasteiger partial charge in [-0.2, -0.15) is 13.2 Å². The summed E-state index contributed by atoms with van der Waals surface area (Å²) in [7, 11) is 1.76. The van der Waals surface area contributed by atoms with Crippen molar-refractivity contribution in [3.63, 3.8) is 0 Å². The van der Waals surface area contributed by atoms with Crippen molar-refractivity contribution in [3.05, 3.63) is 70.4 Å². The molecule has 1 saturated heterocycles. The van der Waals surface area contributed by atoms with Gasteiger partial charge in [0.15, 0.2) is 5.13 Å². The molecule has 0 saturated carbocycles. The van der Waals surface area contributed by atoms with Gasteiger partial charge in [0.05, 0.1) is 21.8 Å². The van der Waals surface area contributed by atoms with E-state index < -0.39 is 17.6 Å². The molecule has 0 spiro atoms. The summed E-state index contributed by atoms with van der Waals surface area (Å²) in [5.74, 6) is 5.71. The normalized spacial score (nSPS) is 14.9. The first kappa shape index (κ1) is 30.2. The van der Waals surface area contributed by atoms with Crippen molar-refractivity contribution in [2.24, 2.45) is 11.6 Å². The maximum atomic E-state index is 13.8. The Labute approximate surface area is 241 Å². The van der Waals surface area contributed by atoms with Gasteiger partial charge in [0.1, 0.15) is 0 Å². The Morgan fingerprint density at radius 1 is 1.15 bits per heavy atom. The maximum Gasteiger partial charge on any atom is 0.416 e. The van der Waals surface area contributed by atoms with E-state index in [1.807, 2.05) is 11.8 Å². The summed E-state index contributed by atoms with van der Waals surface area (Å²) >= 11 is 1.36. The highest BCUT2D eigenvalue weighted by atomic mass is 32.1. The van der Waals surface area contributed by atoms with Crippen LogP contribution in [0.2, 0.25) is 0 Å². The first-order valence-electron chi connectivity index (χ1n) is 13.1. The second-order valence-corrected chi connectivity index (χ2v) is 11.1. The zero-order valence-electron chi connectivity index (χ0n) is 23.4. The Balaban J connectivity index is 1.56. The molecule has 0 radical (unpaired) electrons. The summed E-state index contributed by atoms with van der Waals surface area (Å²) in [5, 5.41) is 7.60. The lowest BCUT2D eigenvalue weighted by molar-refractivity contribution is -0.137. The molecule has 1 aromatic heterocycles. The number of nitrogens with zero attached hydrogens (tertiary/aromatic N) is 4. The molecule has 0 aliphatic carbocycles. The van der Waals surface area contributed by atoms with Crippen LogP contribution in [-0.4, -0.2) is 55.1 Å². The molecular formula is C28H35F3N8OS. The molecule has 1 amide bonds. The Bertz CT molecular complexity index is 1410. The Morgan fingerprint density at radius 2 is 1.85 bits per heavy atom. The lowest BCUT2D eigenvalue weighted by Crippen LogP contribution is -2.49. The molecule has 2 aromatic carbocycles. The number of rotatable bonds is 8. The average Bonchev–Trinajstić information content (AvgIpc) is 3.42. The number of aryl methyl sites for hydroxylation is 1. The fourth-order valence-corrected chi connectivity index (χ4v) is 5.26. The summed E-state index contributed by atoms with van der Waals surface area (Å²) in [5.41, 5.74) is 7.75. The Hall–Kier alpha value is -3.81. The van der Waals surface area contributed by atoms with Crippen molar-refractivity contribution >= 4 is 45.1 Å². The third kappa shape index (κ3) is 7.29. The van der Waals surface area contributed by atoms with E-state index >= 15 is 0 Å². The number of piperazine rings is 1. The van der Waals surface area contributed by atoms with Crippen LogP contribution in [0.25, 0.3) is 5.70 Å². The van der Waals surface area contributed by atoms with Gasteiger partial charge < -0.3 is 21.3 Å². The SMILES string of the molecule is CNc1ncc(/C(N)=C/N(N)c2cc(C(=O)Nc3cc(N4CCN(C(C)C)CC4)cc(C(F)(F)F)c3)ccc2C)s1. The largest absolute Gasteiger partial charge is 0.416 e. The van der Waals surface area contributed by atoms with E-state index in [0.29, 0.717) is 46.2 Å². The van der Waals surface area contributed by atoms with Crippen molar-refractivity contribution in [1.82, 2.24) is 9.88 Å². The monoisotopic (exact) mass is 588 g/mol. The average molecular weight is 589 g/mol. The summed E-state index contributed by atoms with van der Waals surface area (Å²) in [6.07, 6.45) is -1.42. The van der Waals surface area contributed by atoms with Crippen LogP contribution in [-0.2, 0) is 6.18 Å². The number of hydrazine groups is 1. The molecular weight excluding hydrogens is 553 g/mol. The van der Waals surface area contributed by atoms with Crippen LogP contribution in [0.3, 0.4) is 0 Å². The summed E-state index contributed by atoms with van der Waals surface area (Å²) < 4.78 is 41.4. The van der Waals surface area contributed by atoms with E-state index in [-0.39, 0.29) is 11.3 Å². The van der Waals surface area contributed by atoms with Crippen molar-refractivity contribution in [3.8, 4) is 0 Å². The Kier molecular flexibility index (Phi) is 9.10. The fraction of sp³-hybridized carbons (Fsp3) is 0.357. The molecule has 13 heteroatoms. The molecule has 9 nitrogen and oxygen atoms in total. The number of aromatic nitrogens is 1. The molecule has 4 rings (SSSR count). The third-order valence-corrected chi connectivity index (χ3v) is 8.01.